The van der Waals surface area contributed by atoms with Crippen molar-refractivity contribution in [1.29, 1.82) is 10.8 Å². The number of carbonyl (C=O) groups excluding carboxylic acids is 3. The fraction of sp³-hybridized carbons (Fsp3) is 0.333. The van der Waals surface area contributed by atoms with Gasteiger partial charge in [0.05, 0.1) is 54.1 Å². The van der Waals surface area contributed by atoms with E-state index < -0.39 is 16.9 Å². The minimum absolute atomic E-state index is 0.113. The number of nitrogens with one attached hydrogen (secondary N) is 5. The summed E-state index contributed by atoms with van der Waals surface area (Å²) in [4.78, 5) is 50.3. The molecule has 3 heterocycles. The van der Waals surface area contributed by atoms with Crippen LogP contribution in [0.25, 0.3) is 11.5 Å². The molecule has 2 aliphatic rings. The van der Waals surface area contributed by atoms with Crippen LogP contribution in [0, 0.1) is 16.7 Å². The Morgan fingerprint density at radius 3 is 2.48 bits per heavy atom. The molecule has 5 rings (SSSR count). The summed E-state index contributed by atoms with van der Waals surface area (Å²) >= 11 is 0. The molecule has 1 aromatic carbocycles. The first kappa shape index (κ1) is 34.1. The van der Waals surface area contributed by atoms with Crippen LogP contribution in [-0.2, 0) is 16.1 Å². The van der Waals surface area contributed by atoms with Crippen molar-refractivity contribution in [3.8, 4) is 17.2 Å². The quantitative estimate of drug-likeness (QED) is 0.103. The molecule has 1 saturated heterocycles. The SMILES string of the molecule is [B]C([B])([B])NC(=O)C(=N)/C(=C\C(=N)NC(=O)C1CC1)Nc1cccc(-c2nc(CN3CCN(C(=O)c4ccccn4)CC3)no2)c1OC. The average Bonchev–Trinajstić information content (AvgIpc) is 3.82. The lowest BCUT2D eigenvalue weighted by molar-refractivity contribution is -0.120. The number of anilines is 1. The van der Waals surface area contributed by atoms with E-state index in [0.29, 0.717) is 49.8 Å². The second-order valence-electron chi connectivity index (χ2n) is 11.3. The number of nitrogens with zero attached hydrogens (tertiary/aromatic N) is 5. The fourth-order valence-electron chi connectivity index (χ4n) is 4.87. The van der Waals surface area contributed by atoms with Crippen molar-refractivity contribution in [2.45, 2.75) is 24.6 Å². The van der Waals surface area contributed by atoms with Gasteiger partial charge in [0.25, 0.3) is 17.7 Å². The third kappa shape index (κ3) is 8.76. The molecule has 3 aromatic rings. The zero-order valence-electron chi connectivity index (χ0n) is 26.2. The number of aromatic nitrogens is 3. The van der Waals surface area contributed by atoms with Gasteiger partial charge in [-0.15, -0.1) is 0 Å². The van der Waals surface area contributed by atoms with Gasteiger partial charge in [0.1, 0.15) is 17.2 Å². The number of hydrogen-bond acceptors (Lipinski definition) is 12. The van der Waals surface area contributed by atoms with Crippen molar-refractivity contribution in [1.82, 2.24) is 35.6 Å². The largest absolute Gasteiger partial charge is 0.494 e. The van der Waals surface area contributed by atoms with Gasteiger partial charge in [-0.2, -0.15) is 4.98 Å². The highest BCUT2D eigenvalue weighted by molar-refractivity contribution is 6.61. The smallest absolute Gasteiger partial charge is 0.272 e. The van der Waals surface area contributed by atoms with Crippen molar-refractivity contribution in [2.75, 3.05) is 38.6 Å². The molecule has 6 radical (unpaired) electrons. The number of benzene rings is 1. The molecule has 1 aliphatic heterocycles. The van der Waals surface area contributed by atoms with Crippen LogP contribution in [0.5, 0.6) is 5.75 Å². The predicted molar refractivity (Wildman–Crippen MR) is 178 cm³/mol. The summed E-state index contributed by atoms with van der Waals surface area (Å²) in [5, 5.41) is 26.2. The molecule has 18 heteroatoms. The van der Waals surface area contributed by atoms with E-state index in [9.17, 15) is 14.4 Å². The highest BCUT2D eigenvalue weighted by atomic mass is 16.5. The summed E-state index contributed by atoms with van der Waals surface area (Å²) < 4.78 is 11.2. The number of piperazine rings is 1. The Morgan fingerprint density at radius 1 is 1.08 bits per heavy atom. The van der Waals surface area contributed by atoms with Crippen molar-refractivity contribution < 1.29 is 23.6 Å². The number of amidine groups is 1. The maximum atomic E-state index is 12.7. The van der Waals surface area contributed by atoms with Crippen molar-refractivity contribution in [3.63, 3.8) is 0 Å². The van der Waals surface area contributed by atoms with Gasteiger partial charge in [0.15, 0.2) is 11.6 Å². The highest BCUT2D eigenvalue weighted by Gasteiger charge is 2.30. The predicted octanol–water partition coefficient (Wildman–Crippen LogP) is 0.150. The molecule has 1 saturated carbocycles. The van der Waals surface area contributed by atoms with Gasteiger partial charge in [-0.05, 0) is 37.1 Å². The van der Waals surface area contributed by atoms with Crippen molar-refractivity contribution in [3.05, 3.63) is 65.9 Å². The number of para-hydroxylation sites is 1. The monoisotopic (exact) mass is 644 g/mol. The standard InChI is InChI=1S/C30H31B3N10O5/c1-47-25-18(28-39-23(41-48-28)16-42-11-13-43(14-12-42)29(46)20-6-2-3-10-36-20)5-4-7-19(25)37-21(24(35)27(45)40-30(31,32)33)15-22(34)38-26(44)17-8-9-17/h2-7,10,15,17,35,37H,8-9,11-14,16H2,1H3,(H,40,45)(H2,34,38,44)/b21-15+,35-24?. The van der Waals surface area contributed by atoms with E-state index in [1.807, 2.05) is 0 Å². The first-order valence-electron chi connectivity index (χ1n) is 15.0. The van der Waals surface area contributed by atoms with Crippen molar-refractivity contribution >= 4 is 58.5 Å². The molecule has 5 N–H and O–H groups in total. The number of amides is 3. The third-order valence-corrected chi connectivity index (χ3v) is 7.42. The highest BCUT2D eigenvalue weighted by Crippen LogP contribution is 2.36. The first-order chi connectivity index (χ1) is 22.9. The average molecular weight is 644 g/mol. The van der Waals surface area contributed by atoms with Crippen LogP contribution in [-0.4, -0.2) is 116 Å². The number of hydrogen-bond donors (Lipinski definition) is 5. The normalized spacial score (nSPS) is 15.4. The van der Waals surface area contributed by atoms with Crippen LogP contribution in [0.1, 0.15) is 29.2 Å². The molecule has 1 aliphatic carbocycles. The Morgan fingerprint density at radius 2 is 1.83 bits per heavy atom. The molecular weight excluding hydrogens is 613 g/mol. The van der Waals surface area contributed by atoms with Gasteiger partial charge < -0.3 is 30.1 Å². The topological polar surface area (TPSA) is 203 Å². The fourth-order valence-corrected chi connectivity index (χ4v) is 4.87. The van der Waals surface area contributed by atoms with Crippen LogP contribution in [0.2, 0.25) is 0 Å². The van der Waals surface area contributed by atoms with E-state index in [2.05, 4.69) is 36.0 Å². The summed E-state index contributed by atoms with van der Waals surface area (Å²) in [5.41, 5.74) is 0.211. The van der Waals surface area contributed by atoms with Crippen molar-refractivity contribution in [2.24, 2.45) is 5.92 Å². The Bertz CT molecular complexity index is 1730. The van der Waals surface area contributed by atoms with Gasteiger partial charge in [-0.1, -0.05) is 22.5 Å². The number of pyridine rings is 1. The second-order valence-corrected chi connectivity index (χ2v) is 11.3. The molecule has 0 bridgehead atoms. The molecule has 15 nitrogen and oxygen atoms in total. The lowest BCUT2D eigenvalue weighted by Crippen LogP contribution is -2.52. The van der Waals surface area contributed by atoms with E-state index in [-0.39, 0.29) is 46.6 Å². The lowest BCUT2D eigenvalue weighted by Gasteiger charge is -2.33. The van der Waals surface area contributed by atoms with Crippen LogP contribution in [0.15, 0.2) is 58.9 Å². The summed E-state index contributed by atoms with van der Waals surface area (Å²) in [5.74, 6) is -1.22. The number of methoxy groups -OCH3 is 1. The molecule has 0 spiro atoms. The van der Waals surface area contributed by atoms with Gasteiger partial charge in [0, 0.05) is 44.4 Å². The lowest BCUT2D eigenvalue weighted by atomic mass is 9.49. The van der Waals surface area contributed by atoms with E-state index in [0.717, 1.165) is 18.9 Å². The van der Waals surface area contributed by atoms with Gasteiger partial charge >= 0.3 is 0 Å². The van der Waals surface area contributed by atoms with Crippen LogP contribution >= 0.6 is 0 Å². The number of ether oxygens (including phenoxy) is 1. The molecule has 48 heavy (non-hydrogen) atoms. The zero-order valence-corrected chi connectivity index (χ0v) is 26.2. The third-order valence-electron chi connectivity index (χ3n) is 7.42. The van der Waals surface area contributed by atoms with Crippen LogP contribution in [0.4, 0.5) is 5.69 Å². The van der Waals surface area contributed by atoms with Gasteiger partial charge in [-0.3, -0.25) is 35.1 Å². The minimum atomic E-state index is -2.11. The second kappa shape index (κ2) is 14.7. The first-order valence-corrected chi connectivity index (χ1v) is 15.0. The Balaban J connectivity index is 1.30. The molecular formula is C30H31B3N10O5. The minimum Gasteiger partial charge on any atom is -0.494 e. The van der Waals surface area contributed by atoms with Crippen LogP contribution < -0.4 is 20.7 Å². The van der Waals surface area contributed by atoms with E-state index in [1.165, 1.54) is 7.11 Å². The number of carbonyl (C=O) groups is 3. The summed E-state index contributed by atoms with van der Waals surface area (Å²) in [6.07, 6.45) is 4.15. The molecule has 240 valence electrons. The Labute approximate surface area is 280 Å². The summed E-state index contributed by atoms with van der Waals surface area (Å²) in [7, 11) is 17.9. The molecule has 0 unspecified atom stereocenters. The molecule has 2 fully saturated rings. The maximum Gasteiger partial charge on any atom is 0.272 e. The van der Waals surface area contributed by atoms with E-state index >= 15 is 0 Å². The summed E-state index contributed by atoms with van der Waals surface area (Å²) in [6.45, 7) is 2.64. The van der Waals surface area contributed by atoms with Gasteiger partial charge in [-0.25, -0.2) is 0 Å². The van der Waals surface area contributed by atoms with Gasteiger partial charge in [0.2, 0.25) is 5.91 Å². The Kier molecular flexibility index (Phi) is 10.4. The number of rotatable bonds is 12. The van der Waals surface area contributed by atoms with E-state index in [1.54, 1.807) is 47.5 Å². The van der Waals surface area contributed by atoms with E-state index in [4.69, 9.17) is 43.6 Å². The molecule has 3 amide bonds. The summed E-state index contributed by atoms with van der Waals surface area (Å²) in [6, 6.07) is 10.2. The molecule has 2 aromatic heterocycles. The Hall–Kier alpha value is -5.25. The maximum absolute atomic E-state index is 12.7. The molecule has 0 atom stereocenters. The zero-order chi connectivity index (χ0) is 34.4. The van der Waals surface area contributed by atoms with Crippen LogP contribution in [0.3, 0.4) is 0 Å².